The maximum Gasteiger partial charge on any atom is 0.123 e. The maximum atomic E-state index is 12.8. The quantitative estimate of drug-likeness (QED) is 0.852. The number of likely N-dealkylation sites (tertiary alicyclic amines) is 1. The zero-order chi connectivity index (χ0) is 13.7. The molecule has 0 radical (unpaired) electrons. The minimum Gasteiger partial charge on any atom is -0.388 e. The Balaban J connectivity index is 1.81. The molecule has 1 aliphatic heterocycles. The molecule has 0 atom stereocenters. The lowest BCUT2D eigenvalue weighted by Gasteiger charge is -2.38. The number of piperidine rings is 1. The molecule has 0 spiro atoms. The number of hydrogen-bond acceptors (Lipinski definition) is 3. The molecule has 1 heterocycles. The number of likely N-dealkylation sites (N-methyl/N-ethyl adjacent to an activating group) is 1. The highest BCUT2D eigenvalue weighted by Crippen LogP contribution is 2.22. The van der Waals surface area contributed by atoms with Gasteiger partial charge in [-0.05, 0) is 37.1 Å². The lowest BCUT2D eigenvalue weighted by molar-refractivity contribution is -0.0213. The van der Waals surface area contributed by atoms with Crippen molar-refractivity contribution in [2.24, 2.45) is 0 Å². The van der Waals surface area contributed by atoms with Gasteiger partial charge in [0.15, 0.2) is 0 Å². The Labute approximate surface area is 114 Å². The number of nitrogens with zero attached hydrogens (tertiary/aromatic N) is 1. The molecule has 106 valence electrons. The lowest BCUT2D eigenvalue weighted by atomic mass is 9.91. The third kappa shape index (κ3) is 4.27. The summed E-state index contributed by atoms with van der Waals surface area (Å²) in [5.41, 5.74) is 0.563. The smallest absolute Gasteiger partial charge is 0.123 e. The average molecular weight is 266 g/mol. The fourth-order valence-corrected chi connectivity index (χ4v) is 2.51. The van der Waals surface area contributed by atoms with Gasteiger partial charge in [-0.1, -0.05) is 19.1 Å². The highest BCUT2D eigenvalue weighted by atomic mass is 19.1. The fraction of sp³-hybridized carbons (Fsp3) is 0.600. The first kappa shape index (κ1) is 14.4. The molecule has 1 aromatic carbocycles. The van der Waals surface area contributed by atoms with E-state index in [0.29, 0.717) is 6.54 Å². The summed E-state index contributed by atoms with van der Waals surface area (Å²) in [6.07, 6.45) is 1.59. The third-order valence-electron chi connectivity index (χ3n) is 3.81. The summed E-state index contributed by atoms with van der Waals surface area (Å²) < 4.78 is 12.8. The second kappa shape index (κ2) is 6.46. The van der Waals surface area contributed by atoms with Crippen LogP contribution < -0.4 is 5.32 Å². The summed E-state index contributed by atoms with van der Waals surface area (Å²) in [5, 5.41) is 13.6. The van der Waals surface area contributed by atoms with Crippen LogP contribution in [0.15, 0.2) is 24.3 Å². The summed E-state index contributed by atoms with van der Waals surface area (Å²) >= 11 is 0. The Morgan fingerprint density at radius 3 is 2.47 bits per heavy atom. The highest BCUT2D eigenvalue weighted by Gasteiger charge is 2.31. The molecule has 3 nitrogen and oxygen atoms in total. The van der Waals surface area contributed by atoms with E-state index in [1.807, 2.05) is 19.1 Å². The second-order valence-electron chi connectivity index (χ2n) is 5.41. The van der Waals surface area contributed by atoms with Gasteiger partial charge in [0, 0.05) is 26.2 Å². The predicted octanol–water partition coefficient (Wildman–Crippen LogP) is 1.76. The van der Waals surface area contributed by atoms with Gasteiger partial charge in [0.1, 0.15) is 5.82 Å². The fourth-order valence-electron chi connectivity index (χ4n) is 2.51. The molecule has 2 N–H and O–H groups in total. The van der Waals surface area contributed by atoms with E-state index in [1.165, 1.54) is 12.1 Å². The van der Waals surface area contributed by atoms with E-state index in [1.54, 1.807) is 0 Å². The van der Waals surface area contributed by atoms with Gasteiger partial charge in [-0.2, -0.15) is 0 Å². The van der Waals surface area contributed by atoms with Crippen molar-refractivity contribution in [2.75, 3.05) is 26.2 Å². The summed E-state index contributed by atoms with van der Waals surface area (Å²) in [6.45, 7) is 6.22. The zero-order valence-corrected chi connectivity index (χ0v) is 11.5. The largest absolute Gasteiger partial charge is 0.388 e. The van der Waals surface area contributed by atoms with Crippen LogP contribution in [0.25, 0.3) is 0 Å². The van der Waals surface area contributed by atoms with Gasteiger partial charge in [-0.3, -0.25) is 4.90 Å². The molecule has 1 aliphatic rings. The molecule has 1 fully saturated rings. The topological polar surface area (TPSA) is 35.5 Å². The molecule has 0 amide bonds. The number of nitrogens with one attached hydrogen (secondary N) is 1. The normalized spacial score (nSPS) is 19.5. The monoisotopic (exact) mass is 266 g/mol. The number of hydrogen-bond donors (Lipinski definition) is 2. The van der Waals surface area contributed by atoms with Gasteiger partial charge in [0.25, 0.3) is 0 Å². The Bertz CT molecular complexity index is 386. The third-order valence-corrected chi connectivity index (χ3v) is 3.81. The van der Waals surface area contributed by atoms with Gasteiger partial charge >= 0.3 is 0 Å². The summed E-state index contributed by atoms with van der Waals surface area (Å²) in [5.74, 6) is -0.192. The molecule has 0 aromatic heterocycles. The Morgan fingerprint density at radius 2 is 1.89 bits per heavy atom. The number of aliphatic hydroxyl groups is 1. The van der Waals surface area contributed by atoms with E-state index in [0.717, 1.165) is 44.6 Å². The van der Waals surface area contributed by atoms with E-state index < -0.39 is 5.60 Å². The molecular formula is C15H23FN2O. The van der Waals surface area contributed by atoms with Crippen molar-refractivity contribution in [3.05, 3.63) is 35.6 Å². The van der Waals surface area contributed by atoms with Crippen LogP contribution in [-0.4, -0.2) is 41.8 Å². The van der Waals surface area contributed by atoms with E-state index in [-0.39, 0.29) is 5.82 Å². The minimum atomic E-state index is -0.560. The van der Waals surface area contributed by atoms with Gasteiger partial charge in [0.05, 0.1) is 5.60 Å². The number of rotatable bonds is 5. The van der Waals surface area contributed by atoms with Crippen molar-refractivity contribution in [2.45, 2.75) is 31.9 Å². The average Bonchev–Trinajstić information content (AvgIpc) is 2.42. The molecule has 1 saturated heterocycles. The molecular weight excluding hydrogens is 243 g/mol. The van der Waals surface area contributed by atoms with Crippen molar-refractivity contribution < 1.29 is 9.50 Å². The highest BCUT2D eigenvalue weighted by molar-refractivity contribution is 5.16. The molecule has 2 rings (SSSR count). The van der Waals surface area contributed by atoms with Gasteiger partial charge in [-0.25, -0.2) is 4.39 Å². The van der Waals surface area contributed by atoms with Crippen molar-refractivity contribution in [1.29, 1.82) is 0 Å². The van der Waals surface area contributed by atoms with Crippen LogP contribution in [0.4, 0.5) is 4.39 Å². The molecule has 1 aromatic rings. The molecule has 19 heavy (non-hydrogen) atoms. The van der Waals surface area contributed by atoms with Crippen LogP contribution in [0.1, 0.15) is 25.3 Å². The summed E-state index contributed by atoms with van der Waals surface area (Å²) in [7, 11) is 0. The lowest BCUT2D eigenvalue weighted by Crippen LogP contribution is -2.49. The summed E-state index contributed by atoms with van der Waals surface area (Å²) in [4.78, 5) is 2.31. The van der Waals surface area contributed by atoms with Crippen molar-refractivity contribution in [3.63, 3.8) is 0 Å². The molecule has 0 bridgehead atoms. The van der Waals surface area contributed by atoms with Gasteiger partial charge in [0.2, 0.25) is 0 Å². The van der Waals surface area contributed by atoms with Crippen LogP contribution in [0.5, 0.6) is 0 Å². The van der Waals surface area contributed by atoms with Gasteiger partial charge < -0.3 is 10.4 Å². The van der Waals surface area contributed by atoms with E-state index in [9.17, 15) is 9.50 Å². The number of benzene rings is 1. The van der Waals surface area contributed by atoms with Crippen LogP contribution >= 0.6 is 0 Å². The second-order valence-corrected chi connectivity index (χ2v) is 5.41. The standard InChI is InChI=1S/C15H23FN2O/c1-2-17-12-15(19)7-9-18(10-8-15)11-13-3-5-14(16)6-4-13/h3-6,17,19H,2,7-12H2,1H3. The molecule has 0 saturated carbocycles. The van der Waals surface area contributed by atoms with Crippen LogP contribution in [0, 0.1) is 5.82 Å². The number of halogens is 1. The van der Waals surface area contributed by atoms with Crippen molar-refractivity contribution in [3.8, 4) is 0 Å². The molecule has 4 heteroatoms. The molecule has 0 unspecified atom stereocenters. The van der Waals surface area contributed by atoms with Crippen LogP contribution in [0.2, 0.25) is 0 Å². The Kier molecular flexibility index (Phi) is 4.91. The first-order chi connectivity index (χ1) is 9.11. The zero-order valence-electron chi connectivity index (χ0n) is 11.5. The van der Waals surface area contributed by atoms with E-state index in [2.05, 4.69) is 10.2 Å². The van der Waals surface area contributed by atoms with Gasteiger partial charge in [-0.15, -0.1) is 0 Å². The SMILES string of the molecule is CCNCC1(O)CCN(Cc2ccc(F)cc2)CC1. The summed E-state index contributed by atoms with van der Waals surface area (Å²) in [6, 6.07) is 6.66. The first-order valence-corrected chi connectivity index (χ1v) is 7.01. The minimum absolute atomic E-state index is 0.192. The predicted molar refractivity (Wildman–Crippen MR) is 74.4 cm³/mol. The Morgan fingerprint density at radius 1 is 1.26 bits per heavy atom. The van der Waals surface area contributed by atoms with E-state index >= 15 is 0 Å². The van der Waals surface area contributed by atoms with Crippen molar-refractivity contribution >= 4 is 0 Å². The first-order valence-electron chi connectivity index (χ1n) is 7.01. The maximum absolute atomic E-state index is 12.8. The van der Waals surface area contributed by atoms with Crippen molar-refractivity contribution in [1.82, 2.24) is 10.2 Å². The molecule has 0 aliphatic carbocycles. The van der Waals surface area contributed by atoms with Crippen LogP contribution in [0.3, 0.4) is 0 Å². The Hall–Kier alpha value is -0.970. The van der Waals surface area contributed by atoms with Crippen LogP contribution in [-0.2, 0) is 6.54 Å². The van der Waals surface area contributed by atoms with E-state index in [4.69, 9.17) is 0 Å².